The van der Waals surface area contributed by atoms with Crippen LogP contribution >= 0.6 is 11.8 Å². The molecule has 2 atom stereocenters. The summed E-state index contributed by atoms with van der Waals surface area (Å²) in [6, 6.07) is 8.57. The van der Waals surface area contributed by atoms with Gasteiger partial charge in [0.05, 0.1) is 0 Å². The first-order chi connectivity index (χ1) is 10.1. The lowest BCUT2D eigenvalue weighted by atomic mass is 10.1. The number of benzene rings is 1. The van der Waals surface area contributed by atoms with Crippen LogP contribution in [0.15, 0.2) is 30.3 Å². The van der Waals surface area contributed by atoms with Crippen molar-refractivity contribution >= 4 is 23.8 Å². The van der Waals surface area contributed by atoms with E-state index < -0.39 is 12.0 Å². The largest absolute Gasteiger partial charge is 0.480 e. The Morgan fingerprint density at radius 2 is 2.10 bits per heavy atom. The van der Waals surface area contributed by atoms with Crippen molar-refractivity contribution in [2.45, 2.75) is 31.3 Å². The number of carboxylic acid groups (broad SMARTS) is 1. The molecule has 5 nitrogen and oxygen atoms in total. The van der Waals surface area contributed by atoms with E-state index in [1.165, 1.54) is 0 Å². The van der Waals surface area contributed by atoms with Gasteiger partial charge in [0.2, 0.25) is 0 Å². The van der Waals surface area contributed by atoms with Crippen LogP contribution < -0.4 is 10.6 Å². The summed E-state index contributed by atoms with van der Waals surface area (Å²) in [5, 5.41) is 14.6. The summed E-state index contributed by atoms with van der Waals surface area (Å²) < 4.78 is 0. The van der Waals surface area contributed by atoms with Crippen LogP contribution in [0.1, 0.15) is 18.4 Å². The van der Waals surface area contributed by atoms with Crippen LogP contribution in [0.3, 0.4) is 0 Å². The predicted molar refractivity (Wildman–Crippen MR) is 83.6 cm³/mol. The van der Waals surface area contributed by atoms with E-state index in [1.807, 2.05) is 30.3 Å². The molecule has 21 heavy (non-hydrogen) atoms. The van der Waals surface area contributed by atoms with Crippen LogP contribution in [0.25, 0.3) is 0 Å². The molecule has 1 aromatic carbocycles. The number of carbonyl (C=O) groups is 2. The zero-order chi connectivity index (χ0) is 15.1. The summed E-state index contributed by atoms with van der Waals surface area (Å²) in [5.74, 6) is 0.943. The lowest BCUT2D eigenvalue weighted by molar-refractivity contribution is -0.139. The van der Waals surface area contributed by atoms with Crippen molar-refractivity contribution in [1.29, 1.82) is 0 Å². The minimum absolute atomic E-state index is 0.151. The first-order valence-electron chi connectivity index (χ1n) is 7.06. The fourth-order valence-electron chi connectivity index (χ4n) is 2.25. The van der Waals surface area contributed by atoms with Crippen molar-refractivity contribution in [3.05, 3.63) is 35.9 Å². The first kappa shape index (κ1) is 15.7. The Kier molecular flexibility index (Phi) is 5.92. The van der Waals surface area contributed by atoms with Crippen molar-refractivity contribution in [3.63, 3.8) is 0 Å². The molecule has 1 aliphatic heterocycles. The molecule has 3 N–H and O–H groups in total. The Morgan fingerprint density at radius 1 is 1.33 bits per heavy atom. The highest BCUT2D eigenvalue weighted by Gasteiger charge is 2.22. The standard InChI is InChI=1S/C15H20N2O3S/c18-14(19)13(7-6-11-4-2-1-3-5-11)17-15(20)16-12-8-9-21-10-12/h1-5,12-13H,6-10H2,(H,18,19)(H2,16,17,20). The van der Waals surface area contributed by atoms with E-state index in [4.69, 9.17) is 0 Å². The highest BCUT2D eigenvalue weighted by Crippen LogP contribution is 2.16. The van der Waals surface area contributed by atoms with Gasteiger partial charge in [0.1, 0.15) is 6.04 Å². The van der Waals surface area contributed by atoms with E-state index in [0.717, 1.165) is 23.5 Å². The number of hydrogen-bond acceptors (Lipinski definition) is 3. The molecule has 1 aliphatic rings. The minimum atomic E-state index is -0.998. The third kappa shape index (κ3) is 5.30. The van der Waals surface area contributed by atoms with Crippen LogP contribution in [0, 0.1) is 0 Å². The topological polar surface area (TPSA) is 78.4 Å². The molecule has 0 spiro atoms. The van der Waals surface area contributed by atoms with Crippen molar-refractivity contribution in [2.75, 3.05) is 11.5 Å². The van der Waals surface area contributed by atoms with Crippen molar-refractivity contribution in [1.82, 2.24) is 10.6 Å². The number of amides is 2. The van der Waals surface area contributed by atoms with Crippen LogP contribution in [0.5, 0.6) is 0 Å². The van der Waals surface area contributed by atoms with Crippen LogP contribution in [0.2, 0.25) is 0 Å². The summed E-state index contributed by atoms with van der Waals surface area (Å²) in [7, 11) is 0. The van der Waals surface area contributed by atoms with E-state index in [9.17, 15) is 14.7 Å². The summed E-state index contributed by atoms with van der Waals surface area (Å²) in [4.78, 5) is 23.1. The maximum Gasteiger partial charge on any atom is 0.326 e. The lowest BCUT2D eigenvalue weighted by Crippen LogP contribution is -2.49. The van der Waals surface area contributed by atoms with Crippen molar-refractivity contribution in [2.24, 2.45) is 0 Å². The highest BCUT2D eigenvalue weighted by atomic mass is 32.2. The number of carboxylic acids is 1. The third-order valence-corrected chi connectivity index (χ3v) is 4.60. The number of thioether (sulfide) groups is 1. The Labute approximate surface area is 128 Å². The normalized spacial score (nSPS) is 19.0. The maximum absolute atomic E-state index is 11.8. The van der Waals surface area contributed by atoms with Gasteiger partial charge in [0.15, 0.2) is 0 Å². The molecular weight excluding hydrogens is 288 g/mol. The molecule has 1 aromatic rings. The molecule has 0 aliphatic carbocycles. The van der Waals surface area contributed by atoms with E-state index in [-0.39, 0.29) is 12.1 Å². The Bertz CT molecular complexity index is 475. The molecule has 0 bridgehead atoms. The summed E-state index contributed by atoms with van der Waals surface area (Å²) in [6.45, 7) is 0. The average Bonchev–Trinajstić information content (AvgIpc) is 2.97. The molecule has 114 valence electrons. The smallest absolute Gasteiger partial charge is 0.326 e. The van der Waals surface area contributed by atoms with Crippen LogP contribution in [-0.4, -0.2) is 40.7 Å². The molecule has 6 heteroatoms. The lowest BCUT2D eigenvalue weighted by Gasteiger charge is -2.17. The summed E-state index contributed by atoms with van der Waals surface area (Å²) >= 11 is 1.80. The third-order valence-electron chi connectivity index (χ3n) is 3.43. The van der Waals surface area contributed by atoms with Gasteiger partial charge >= 0.3 is 12.0 Å². The molecule has 0 saturated carbocycles. The molecule has 1 heterocycles. The van der Waals surface area contributed by atoms with E-state index in [2.05, 4.69) is 10.6 Å². The summed E-state index contributed by atoms with van der Waals surface area (Å²) in [6.07, 6.45) is 1.95. The quantitative estimate of drug-likeness (QED) is 0.750. The maximum atomic E-state index is 11.8. The monoisotopic (exact) mass is 308 g/mol. The van der Waals surface area contributed by atoms with Gasteiger partial charge in [-0.25, -0.2) is 9.59 Å². The van der Waals surface area contributed by atoms with E-state index in [1.54, 1.807) is 11.8 Å². The number of hydrogen-bond donors (Lipinski definition) is 3. The van der Waals surface area contributed by atoms with E-state index >= 15 is 0 Å². The van der Waals surface area contributed by atoms with Gasteiger partial charge < -0.3 is 15.7 Å². The number of carbonyl (C=O) groups excluding carboxylic acids is 1. The van der Waals surface area contributed by atoms with Crippen LogP contribution in [0.4, 0.5) is 4.79 Å². The molecule has 0 radical (unpaired) electrons. The van der Waals surface area contributed by atoms with Gasteiger partial charge in [0, 0.05) is 11.8 Å². The number of aliphatic carboxylic acids is 1. The molecule has 1 saturated heterocycles. The van der Waals surface area contributed by atoms with Gasteiger partial charge in [-0.2, -0.15) is 11.8 Å². The number of aryl methyl sites for hydroxylation is 1. The first-order valence-corrected chi connectivity index (χ1v) is 8.22. The zero-order valence-corrected chi connectivity index (χ0v) is 12.6. The second kappa shape index (κ2) is 7.93. The zero-order valence-electron chi connectivity index (χ0n) is 11.7. The fraction of sp³-hybridized carbons (Fsp3) is 0.467. The van der Waals surface area contributed by atoms with Gasteiger partial charge in [-0.15, -0.1) is 0 Å². The average molecular weight is 308 g/mol. The number of urea groups is 1. The minimum Gasteiger partial charge on any atom is -0.480 e. The Balaban J connectivity index is 1.81. The Hall–Kier alpha value is -1.69. The van der Waals surface area contributed by atoms with Gasteiger partial charge in [-0.3, -0.25) is 0 Å². The molecule has 2 rings (SSSR count). The second-order valence-electron chi connectivity index (χ2n) is 5.09. The second-order valence-corrected chi connectivity index (χ2v) is 6.24. The number of nitrogens with one attached hydrogen (secondary N) is 2. The summed E-state index contributed by atoms with van der Waals surface area (Å²) in [5.41, 5.74) is 1.07. The molecule has 1 fully saturated rings. The fourth-order valence-corrected chi connectivity index (χ4v) is 3.40. The number of rotatable bonds is 6. The molecular formula is C15H20N2O3S. The molecule has 0 aromatic heterocycles. The van der Waals surface area contributed by atoms with Crippen LogP contribution in [-0.2, 0) is 11.2 Å². The highest BCUT2D eigenvalue weighted by molar-refractivity contribution is 7.99. The predicted octanol–water partition coefficient (Wildman–Crippen LogP) is 1.88. The van der Waals surface area contributed by atoms with Crippen molar-refractivity contribution in [3.8, 4) is 0 Å². The van der Waals surface area contributed by atoms with Gasteiger partial charge in [-0.05, 0) is 30.6 Å². The Morgan fingerprint density at radius 3 is 2.71 bits per heavy atom. The van der Waals surface area contributed by atoms with Gasteiger partial charge in [-0.1, -0.05) is 30.3 Å². The SMILES string of the molecule is O=C(NC1CCSC1)NC(CCc1ccccc1)C(=O)O. The molecule has 2 unspecified atom stereocenters. The van der Waals surface area contributed by atoms with E-state index in [0.29, 0.717) is 12.8 Å². The molecule has 2 amide bonds. The van der Waals surface area contributed by atoms with Gasteiger partial charge in [0.25, 0.3) is 0 Å². The van der Waals surface area contributed by atoms with Crippen molar-refractivity contribution < 1.29 is 14.7 Å².